The van der Waals surface area contributed by atoms with Crippen molar-refractivity contribution >= 4 is 50.2 Å². The number of hydrogen-bond acceptors (Lipinski definition) is 9. The first-order chi connectivity index (χ1) is 16.9. The summed E-state index contributed by atoms with van der Waals surface area (Å²) in [6.07, 6.45) is 2.99. The molecule has 0 unspecified atom stereocenters. The summed E-state index contributed by atoms with van der Waals surface area (Å²) in [6, 6.07) is 16.5. The average Bonchev–Trinajstić information content (AvgIpc) is 2.82. The molecule has 3 rings (SSSR count). The van der Waals surface area contributed by atoms with E-state index in [1.807, 2.05) is 0 Å². The summed E-state index contributed by atoms with van der Waals surface area (Å²) in [7, 11) is -6.23. The summed E-state index contributed by atoms with van der Waals surface area (Å²) >= 11 is 0. The van der Waals surface area contributed by atoms with Crippen molar-refractivity contribution in [2.75, 3.05) is 12.4 Å². The van der Waals surface area contributed by atoms with Gasteiger partial charge in [-0.2, -0.15) is 8.42 Å². The molecule has 2 N–H and O–H groups in total. The predicted molar refractivity (Wildman–Crippen MR) is 129 cm³/mol. The number of carbonyl (C=O) groups excluding carboxylic acids is 1. The standard InChI is InChI=1S/C22H18N2O7S.O3S/c1-31-20-12-7-17(8-13-20)22(25)23-18-9-3-15(4-10-18)2-5-16-6-11-19(24(26)27)14-21(16)32(28,29)30;1-4(2)3/h2-14H,1H3,(H,23,25)(H,28,29,30);/b5-2+;. The Labute approximate surface area is 206 Å². The van der Waals surface area contributed by atoms with Gasteiger partial charge in [-0.1, -0.05) is 24.3 Å². The van der Waals surface area contributed by atoms with Crippen molar-refractivity contribution in [2.45, 2.75) is 4.90 Å². The molecule has 0 aliphatic rings. The average molecular weight is 535 g/mol. The van der Waals surface area contributed by atoms with Gasteiger partial charge in [0.05, 0.1) is 12.0 Å². The van der Waals surface area contributed by atoms with Gasteiger partial charge in [-0.3, -0.25) is 19.5 Å². The molecule has 36 heavy (non-hydrogen) atoms. The Bertz CT molecular complexity index is 1490. The van der Waals surface area contributed by atoms with Crippen molar-refractivity contribution in [1.29, 1.82) is 0 Å². The van der Waals surface area contributed by atoms with E-state index in [2.05, 4.69) is 5.32 Å². The number of non-ortho nitro benzene ring substituents is 1. The van der Waals surface area contributed by atoms with Crippen LogP contribution in [-0.2, 0) is 20.7 Å². The summed E-state index contributed by atoms with van der Waals surface area (Å²) < 4.78 is 63.0. The fourth-order valence-corrected chi connectivity index (χ4v) is 3.51. The van der Waals surface area contributed by atoms with Gasteiger partial charge in [0.2, 0.25) is 0 Å². The van der Waals surface area contributed by atoms with Crippen molar-refractivity contribution < 1.29 is 40.1 Å². The topological polar surface area (TPSA) is 187 Å². The molecule has 0 fully saturated rings. The second kappa shape index (κ2) is 12.3. The van der Waals surface area contributed by atoms with Gasteiger partial charge in [0.25, 0.3) is 21.7 Å². The Kier molecular flexibility index (Phi) is 9.55. The quantitative estimate of drug-likeness (QED) is 0.197. The molecule has 0 radical (unpaired) electrons. The van der Waals surface area contributed by atoms with Gasteiger partial charge in [0, 0.05) is 23.4 Å². The van der Waals surface area contributed by atoms with E-state index in [4.69, 9.17) is 17.4 Å². The van der Waals surface area contributed by atoms with Gasteiger partial charge in [-0.25, -0.2) is 0 Å². The van der Waals surface area contributed by atoms with Gasteiger partial charge < -0.3 is 10.1 Å². The van der Waals surface area contributed by atoms with Crippen LogP contribution in [0.5, 0.6) is 5.75 Å². The molecule has 0 aliphatic carbocycles. The molecule has 3 aromatic carbocycles. The van der Waals surface area contributed by atoms with Crippen molar-refractivity contribution in [2.24, 2.45) is 0 Å². The Morgan fingerprint density at radius 1 is 1.00 bits per heavy atom. The number of carbonyl (C=O) groups is 1. The molecular formula is C22H18N2O10S2. The van der Waals surface area contributed by atoms with Crippen molar-refractivity contribution in [3.05, 3.63) is 93.5 Å². The van der Waals surface area contributed by atoms with E-state index in [9.17, 15) is 27.9 Å². The lowest BCUT2D eigenvalue weighted by Gasteiger charge is -2.07. The largest absolute Gasteiger partial charge is 0.497 e. The lowest BCUT2D eigenvalue weighted by Crippen LogP contribution is -2.11. The van der Waals surface area contributed by atoms with Crippen LogP contribution in [0.1, 0.15) is 21.5 Å². The second-order valence-electron chi connectivity index (χ2n) is 6.80. The lowest BCUT2D eigenvalue weighted by atomic mass is 10.1. The number of nitrogens with zero attached hydrogens (tertiary/aromatic N) is 1. The van der Waals surface area contributed by atoms with E-state index in [-0.39, 0.29) is 11.5 Å². The highest BCUT2D eigenvalue weighted by atomic mass is 32.2. The van der Waals surface area contributed by atoms with E-state index < -0.39 is 36.2 Å². The van der Waals surface area contributed by atoms with Gasteiger partial charge in [0.15, 0.2) is 0 Å². The third kappa shape index (κ3) is 8.43. The van der Waals surface area contributed by atoms with Crippen LogP contribution in [0.3, 0.4) is 0 Å². The van der Waals surface area contributed by atoms with E-state index >= 15 is 0 Å². The molecule has 14 heteroatoms. The molecule has 0 bridgehead atoms. The molecule has 188 valence electrons. The number of nitrogens with one attached hydrogen (secondary N) is 1. The van der Waals surface area contributed by atoms with E-state index in [0.29, 0.717) is 22.6 Å². The number of ether oxygens (including phenoxy) is 1. The van der Waals surface area contributed by atoms with Crippen LogP contribution in [0.25, 0.3) is 12.2 Å². The smallest absolute Gasteiger partial charge is 0.425 e. The number of nitro benzene ring substituents is 1. The minimum atomic E-state index is -4.66. The number of amides is 1. The fourth-order valence-electron chi connectivity index (χ4n) is 2.81. The molecule has 0 aliphatic heterocycles. The van der Waals surface area contributed by atoms with Crippen molar-refractivity contribution in [3.63, 3.8) is 0 Å². The molecule has 1 amide bonds. The van der Waals surface area contributed by atoms with Gasteiger partial charge in [-0.15, -0.1) is 12.6 Å². The number of rotatable bonds is 7. The number of anilines is 1. The Morgan fingerprint density at radius 2 is 1.58 bits per heavy atom. The summed E-state index contributed by atoms with van der Waals surface area (Å²) in [5, 5.41) is 13.6. The van der Waals surface area contributed by atoms with Crippen LogP contribution in [0.2, 0.25) is 0 Å². The van der Waals surface area contributed by atoms with Crippen molar-refractivity contribution in [3.8, 4) is 5.75 Å². The highest BCUT2D eigenvalue weighted by Gasteiger charge is 2.18. The summed E-state index contributed by atoms with van der Waals surface area (Å²) in [6.45, 7) is 0. The fraction of sp³-hybridized carbons (Fsp3) is 0.0455. The zero-order valence-electron chi connectivity index (χ0n) is 18.4. The zero-order chi connectivity index (χ0) is 26.9. The molecule has 3 aromatic rings. The molecular weight excluding hydrogens is 516 g/mol. The van der Waals surface area contributed by atoms with Gasteiger partial charge in [0.1, 0.15) is 10.6 Å². The van der Waals surface area contributed by atoms with E-state index in [1.54, 1.807) is 54.6 Å². The highest BCUT2D eigenvalue weighted by molar-refractivity contribution is 7.86. The van der Waals surface area contributed by atoms with Gasteiger partial charge >= 0.3 is 10.6 Å². The van der Waals surface area contributed by atoms with Gasteiger partial charge in [-0.05, 0) is 53.6 Å². The molecule has 0 spiro atoms. The molecule has 0 atom stereocenters. The van der Waals surface area contributed by atoms with E-state index in [0.717, 1.165) is 12.1 Å². The second-order valence-corrected chi connectivity index (χ2v) is 8.59. The monoisotopic (exact) mass is 534 g/mol. The van der Waals surface area contributed by atoms with Crippen LogP contribution in [0, 0.1) is 10.1 Å². The van der Waals surface area contributed by atoms with E-state index in [1.165, 1.54) is 19.3 Å². The lowest BCUT2D eigenvalue weighted by molar-refractivity contribution is -0.385. The van der Waals surface area contributed by atoms with Crippen LogP contribution in [-0.4, -0.2) is 43.5 Å². The SMILES string of the molecule is COc1ccc(C(=O)Nc2ccc(/C=C/c3ccc([N+](=O)[O-])cc3S(=O)(=O)O)cc2)cc1.O=S(=O)=O. The normalized spacial score (nSPS) is 10.7. The number of methoxy groups -OCH3 is 1. The zero-order valence-corrected chi connectivity index (χ0v) is 20.0. The number of nitro groups is 1. The van der Waals surface area contributed by atoms with Crippen LogP contribution < -0.4 is 10.1 Å². The third-order valence-corrected chi connectivity index (χ3v) is 5.37. The molecule has 0 heterocycles. The molecule has 12 nitrogen and oxygen atoms in total. The van der Waals surface area contributed by atoms with Crippen LogP contribution >= 0.6 is 0 Å². The summed E-state index contributed by atoms with van der Waals surface area (Å²) in [5.41, 5.74) is 1.33. The molecule has 0 saturated carbocycles. The van der Waals surface area contributed by atoms with Crippen LogP contribution in [0.4, 0.5) is 11.4 Å². The minimum absolute atomic E-state index is 0.0926. The minimum Gasteiger partial charge on any atom is -0.497 e. The highest BCUT2D eigenvalue weighted by Crippen LogP contribution is 2.24. The maximum Gasteiger partial charge on any atom is 0.425 e. The summed E-state index contributed by atoms with van der Waals surface area (Å²) in [5.74, 6) is 0.350. The van der Waals surface area contributed by atoms with Crippen LogP contribution in [0.15, 0.2) is 71.6 Å². The maximum absolute atomic E-state index is 12.3. The molecule has 0 saturated heterocycles. The Morgan fingerprint density at radius 3 is 2.08 bits per heavy atom. The molecule has 0 aromatic heterocycles. The first-order valence-electron chi connectivity index (χ1n) is 9.67. The Balaban J connectivity index is 0.00000106. The maximum atomic E-state index is 12.3. The first-order valence-corrected chi connectivity index (χ1v) is 12.1. The Hall–Kier alpha value is -4.40. The third-order valence-electron chi connectivity index (χ3n) is 4.46. The number of benzene rings is 3. The predicted octanol–water partition coefficient (Wildman–Crippen LogP) is 3.27. The van der Waals surface area contributed by atoms with Crippen molar-refractivity contribution in [1.82, 2.24) is 0 Å². The first kappa shape index (κ1) is 27.8. The number of hydrogen-bond donors (Lipinski definition) is 2. The summed E-state index contributed by atoms with van der Waals surface area (Å²) in [4.78, 5) is 21.9.